The molecular weight excluding hydrogens is 264 g/mol. The van der Waals surface area contributed by atoms with Crippen molar-refractivity contribution >= 4 is 5.97 Å². The molecule has 1 aliphatic carbocycles. The van der Waals surface area contributed by atoms with Gasteiger partial charge in [0.25, 0.3) is 0 Å². The number of carboxylic acids is 1. The molecule has 0 aromatic rings. The number of aliphatic hydroxyl groups is 1. The summed E-state index contributed by atoms with van der Waals surface area (Å²) < 4.78 is 0. The van der Waals surface area contributed by atoms with Crippen molar-refractivity contribution in [3.8, 4) is 0 Å². The summed E-state index contributed by atoms with van der Waals surface area (Å²) in [4.78, 5) is 10.4. The molecule has 3 atom stereocenters. The molecule has 0 heterocycles. The minimum Gasteiger partial charge on any atom is -0.481 e. The van der Waals surface area contributed by atoms with Crippen molar-refractivity contribution in [3.63, 3.8) is 0 Å². The number of carboxylic acid groups (broad SMARTS) is 1. The van der Waals surface area contributed by atoms with E-state index in [0.29, 0.717) is 12.3 Å². The van der Waals surface area contributed by atoms with E-state index in [1.54, 1.807) is 0 Å². The largest absolute Gasteiger partial charge is 0.481 e. The Morgan fingerprint density at radius 2 is 1.62 bits per heavy atom. The van der Waals surface area contributed by atoms with Gasteiger partial charge in [0, 0.05) is 6.42 Å². The standard InChI is InChI=1S/C18H34O3/c1-2-3-4-7-10-15-13-14-17(19)16(15)11-8-5-6-9-12-18(20)21/h15-17,19H,2-14H2,1H3,(H,20,21)/t15-,16+,17-/m1/s1. The summed E-state index contributed by atoms with van der Waals surface area (Å²) in [5, 5.41) is 18.8. The molecule has 1 fully saturated rings. The van der Waals surface area contributed by atoms with E-state index in [0.717, 1.165) is 44.4 Å². The molecule has 0 spiro atoms. The molecule has 124 valence electrons. The normalized spacial score (nSPS) is 25.3. The molecule has 2 N–H and O–H groups in total. The Hall–Kier alpha value is -0.570. The van der Waals surface area contributed by atoms with Gasteiger partial charge in [0.05, 0.1) is 6.10 Å². The third kappa shape index (κ3) is 7.85. The summed E-state index contributed by atoms with van der Waals surface area (Å²) in [6, 6.07) is 0. The van der Waals surface area contributed by atoms with Crippen molar-refractivity contribution < 1.29 is 15.0 Å². The maximum absolute atomic E-state index is 10.4. The molecule has 0 amide bonds. The van der Waals surface area contributed by atoms with Gasteiger partial charge in [0.2, 0.25) is 0 Å². The van der Waals surface area contributed by atoms with Crippen LogP contribution in [-0.2, 0) is 4.79 Å². The minimum atomic E-state index is -0.687. The van der Waals surface area contributed by atoms with Crippen molar-refractivity contribution in [1.82, 2.24) is 0 Å². The highest BCUT2D eigenvalue weighted by Crippen LogP contribution is 2.38. The summed E-state index contributed by atoms with van der Waals surface area (Å²) in [5.41, 5.74) is 0. The van der Waals surface area contributed by atoms with Gasteiger partial charge in [0.1, 0.15) is 0 Å². The summed E-state index contributed by atoms with van der Waals surface area (Å²) >= 11 is 0. The first-order valence-corrected chi connectivity index (χ1v) is 9.05. The molecule has 0 aromatic heterocycles. The fourth-order valence-electron chi connectivity index (χ4n) is 3.76. The van der Waals surface area contributed by atoms with E-state index >= 15 is 0 Å². The van der Waals surface area contributed by atoms with E-state index in [9.17, 15) is 9.90 Å². The SMILES string of the molecule is CCCCCC[C@@H]1CC[C@@H](O)[C@H]1CCCCCCC(=O)O. The van der Waals surface area contributed by atoms with Crippen LogP contribution in [0.5, 0.6) is 0 Å². The van der Waals surface area contributed by atoms with Gasteiger partial charge in [-0.2, -0.15) is 0 Å². The number of hydrogen-bond donors (Lipinski definition) is 2. The van der Waals surface area contributed by atoms with Gasteiger partial charge >= 0.3 is 5.97 Å². The first kappa shape index (κ1) is 18.5. The van der Waals surface area contributed by atoms with Crippen LogP contribution in [0, 0.1) is 11.8 Å². The minimum absolute atomic E-state index is 0.0832. The zero-order valence-corrected chi connectivity index (χ0v) is 13.7. The fraction of sp³-hybridized carbons (Fsp3) is 0.944. The van der Waals surface area contributed by atoms with Crippen LogP contribution in [0.4, 0.5) is 0 Å². The highest BCUT2D eigenvalue weighted by Gasteiger charge is 2.33. The average molecular weight is 298 g/mol. The van der Waals surface area contributed by atoms with Crippen LogP contribution >= 0.6 is 0 Å². The molecule has 3 heteroatoms. The van der Waals surface area contributed by atoms with E-state index in [2.05, 4.69) is 6.92 Å². The molecule has 21 heavy (non-hydrogen) atoms. The van der Waals surface area contributed by atoms with Crippen LogP contribution in [0.3, 0.4) is 0 Å². The van der Waals surface area contributed by atoms with Crippen LogP contribution in [0.1, 0.15) is 90.4 Å². The van der Waals surface area contributed by atoms with E-state index in [1.807, 2.05) is 0 Å². The van der Waals surface area contributed by atoms with Crippen molar-refractivity contribution in [2.45, 2.75) is 96.5 Å². The summed E-state index contributed by atoms with van der Waals surface area (Å²) in [6.07, 6.45) is 14.2. The van der Waals surface area contributed by atoms with Crippen molar-refractivity contribution in [2.75, 3.05) is 0 Å². The average Bonchev–Trinajstić information content (AvgIpc) is 2.79. The predicted molar refractivity (Wildman–Crippen MR) is 86.3 cm³/mol. The van der Waals surface area contributed by atoms with Gasteiger partial charge in [-0.3, -0.25) is 4.79 Å². The number of hydrogen-bond acceptors (Lipinski definition) is 2. The fourth-order valence-corrected chi connectivity index (χ4v) is 3.76. The van der Waals surface area contributed by atoms with Gasteiger partial charge in [-0.05, 0) is 37.5 Å². The first-order valence-electron chi connectivity index (χ1n) is 9.05. The lowest BCUT2D eigenvalue weighted by Crippen LogP contribution is -2.19. The van der Waals surface area contributed by atoms with Gasteiger partial charge < -0.3 is 10.2 Å². The van der Waals surface area contributed by atoms with E-state index in [4.69, 9.17) is 5.11 Å². The zero-order chi connectivity index (χ0) is 15.5. The number of aliphatic hydroxyl groups excluding tert-OH is 1. The number of unbranched alkanes of at least 4 members (excludes halogenated alkanes) is 6. The second-order valence-corrected chi connectivity index (χ2v) is 6.76. The van der Waals surface area contributed by atoms with E-state index in [1.165, 1.54) is 38.5 Å². The maximum atomic E-state index is 10.4. The third-order valence-electron chi connectivity index (χ3n) is 5.04. The van der Waals surface area contributed by atoms with Gasteiger partial charge in [-0.1, -0.05) is 58.3 Å². The van der Waals surface area contributed by atoms with Crippen molar-refractivity contribution in [3.05, 3.63) is 0 Å². The molecule has 0 saturated heterocycles. The number of rotatable bonds is 12. The Morgan fingerprint density at radius 3 is 2.33 bits per heavy atom. The topological polar surface area (TPSA) is 57.5 Å². The molecule has 1 aliphatic rings. The Labute approximate surface area is 130 Å². The number of aliphatic carboxylic acids is 1. The predicted octanol–water partition coefficient (Wildman–Crippen LogP) is 4.77. The van der Waals surface area contributed by atoms with Gasteiger partial charge in [0.15, 0.2) is 0 Å². The van der Waals surface area contributed by atoms with Crippen LogP contribution in [0.2, 0.25) is 0 Å². The molecule has 0 unspecified atom stereocenters. The first-order chi connectivity index (χ1) is 10.1. The van der Waals surface area contributed by atoms with Crippen LogP contribution in [-0.4, -0.2) is 22.3 Å². The lowest BCUT2D eigenvalue weighted by atomic mass is 9.86. The quantitative estimate of drug-likeness (QED) is 0.510. The second-order valence-electron chi connectivity index (χ2n) is 6.76. The second kappa shape index (κ2) is 11.1. The van der Waals surface area contributed by atoms with E-state index in [-0.39, 0.29) is 6.10 Å². The van der Waals surface area contributed by atoms with Gasteiger partial charge in [-0.15, -0.1) is 0 Å². The lowest BCUT2D eigenvalue weighted by Gasteiger charge is -2.22. The Kier molecular flexibility index (Phi) is 9.73. The lowest BCUT2D eigenvalue weighted by molar-refractivity contribution is -0.137. The smallest absolute Gasteiger partial charge is 0.303 e. The molecule has 0 bridgehead atoms. The molecular formula is C18H34O3. The molecule has 0 aromatic carbocycles. The summed E-state index contributed by atoms with van der Waals surface area (Å²) in [5.74, 6) is 0.551. The van der Waals surface area contributed by atoms with Crippen molar-refractivity contribution in [2.24, 2.45) is 11.8 Å². The number of carbonyl (C=O) groups is 1. The molecule has 1 rings (SSSR count). The van der Waals surface area contributed by atoms with Crippen molar-refractivity contribution in [1.29, 1.82) is 0 Å². The van der Waals surface area contributed by atoms with Crippen LogP contribution < -0.4 is 0 Å². The van der Waals surface area contributed by atoms with Gasteiger partial charge in [-0.25, -0.2) is 0 Å². The molecule has 3 nitrogen and oxygen atoms in total. The molecule has 0 aliphatic heterocycles. The highest BCUT2D eigenvalue weighted by atomic mass is 16.4. The Morgan fingerprint density at radius 1 is 0.952 bits per heavy atom. The monoisotopic (exact) mass is 298 g/mol. The van der Waals surface area contributed by atoms with Crippen LogP contribution in [0.25, 0.3) is 0 Å². The maximum Gasteiger partial charge on any atom is 0.303 e. The Balaban J connectivity index is 2.13. The zero-order valence-electron chi connectivity index (χ0n) is 13.7. The Bertz CT molecular complexity index is 278. The molecule has 1 saturated carbocycles. The third-order valence-corrected chi connectivity index (χ3v) is 5.04. The molecule has 0 radical (unpaired) electrons. The van der Waals surface area contributed by atoms with Crippen LogP contribution in [0.15, 0.2) is 0 Å². The summed E-state index contributed by atoms with van der Waals surface area (Å²) in [6.45, 7) is 2.24. The summed E-state index contributed by atoms with van der Waals surface area (Å²) in [7, 11) is 0. The highest BCUT2D eigenvalue weighted by molar-refractivity contribution is 5.66. The van der Waals surface area contributed by atoms with E-state index < -0.39 is 5.97 Å².